The Morgan fingerprint density at radius 2 is 2.00 bits per heavy atom. The van der Waals surface area contributed by atoms with Crippen LogP contribution in [0.15, 0.2) is 0 Å². The van der Waals surface area contributed by atoms with Gasteiger partial charge in [-0.25, -0.2) is 0 Å². The van der Waals surface area contributed by atoms with E-state index >= 15 is 0 Å². The van der Waals surface area contributed by atoms with E-state index in [0.717, 1.165) is 13.1 Å². The standard InChI is InChI=1S/C12H25N3O/c1-8(2)10(11(16)9(3)4)14-12-13-6-7-15(12)5/h8-10,12-14H,6-7H2,1-5H3/t10-,12?/m0/s1. The molecular weight excluding hydrogens is 202 g/mol. The SMILES string of the molecule is CC(C)C(=O)[C@@H](NC1NCCN1C)C(C)C. The normalized spacial score (nSPS) is 24.3. The van der Waals surface area contributed by atoms with Gasteiger partial charge >= 0.3 is 0 Å². The molecule has 1 unspecified atom stereocenters. The first kappa shape index (κ1) is 13.6. The molecule has 1 rings (SSSR count). The van der Waals surface area contributed by atoms with Crippen LogP contribution in [-0.4, -0.2) is 43.2 Å². The number of hydrogen-bond donors (Lipinski definition) is 2. The lowest BCUT2D eigenvalue weighted by molar-refractivity contribution is -0.125. The van der Waals surface area contributed by atoms with Crippen molar-refractivity contribution in [1.29, 1.82) is 0 Å². The Morgan fingerprint density at radius 3 is 2.38 bits per heavy atom. The van der Waals surface area contributed by atoms with E-state index in [1.54, 1.807) is 0 Å². The minimum atomic E-state index is -0.0574. The molecule has 0 aliphatic carbocycles. The van der Waals surface area contributed by atoms with Crippen molar-refractivity contribution < 1.29 is 4.79 Å². The second kappa shape index (κ2) is 5.75. The number of nitrogens with zero attached hydrogens (tertiary/aromatic N) is 1. The van der Waals surface area contributed by atoms with Gasteiger partial charge in [-0.2, -0.15) is 0 Å². The Kier molecular flexibility index (Phi) is 4.89. The fourth-order valence-electron chi connectivity index (χ4n) is 1.98. The third-order valence-electron chi connectivity index (χ3n) is 3.12. The Labute approximate surface area is 98.8 Å². The van der Waals surface area contributed by atoms with Crippen molar-refractivity contribution in [2.24, 2.45) is 11.8 Å². The van der Waals surface area contributed by atoms with Crippen LogP contribution < -0.4 is 10.6 Å². The average Bonchev–Trinajstić information content (AvgIpc) is 2.59. The average molecular weight is 227 g/mol. The molecule has 4 nitrogen and oxygen atoms in total. The largest absolute Gasteiger partial charge is 0.298 e. The van der Waals surface area contributed by atoms with E-state index in [4.69, 9.17) is 0 Å². The highest BCUT2D eigenvalue weighted by molar-refractivity contribution is 5.85. The minimum absolute atomic E-state index is 0.0574. The molecule has 94 valence electrons. The van der Waals surface area contributed by atoms with Gasteiger partial charge in [0.1, 0.15) is 6.29 Å². The molecule has 0 spiro atoms. The van der Waals surface area contributed by atoms with Crippen LogP contribution in [0, 0.1) is 11.8 Å². The quantitative estimate of drug-likeness (QED) is 0.723. The maximum absolute atomic E-state index is 12.1. The molecule has 0 amide bonds. The molecule has 1 saturated heterocycles. The number of nitrogens with one attached hydrogen (secondary N) is 2. The summed E-state index contributed by atoms with van der Waals surface area (Å²) in [7, 11) is 2.06. The van der Waals surface area contributed by atoms with Gasteiger partial charge in [0, 0.05) is 19.0 Å². The van der Waals surface area contributed by atoms with E-state index in [9.17, 15) is 4.79 Å². The van der Waals surface area contributed by atoms with Gasteiger partial charge in [-0.15, -0.1) is 0 Å². The number of Topliss-reactive ketones (excluding diaryl/α,β-unsaturated/α-hetero) is 1. The number of ketones is 1. The van der Waals surface area contributed by atoms with Crippen LogP contribution in [0.25, 0.3) is 0 Å². The summed E-state index contributed by atoms with van der Waals surface area (Å²) in [6, 6.07) is -0.0574. The summed E-state index contributed by atoms with van der Waals surface area (Å²) in [5, 5.41) is 6.76. The molecule has 2 atom stereocenters. The molecule has 0 aromatic carbocycles. The smallest absolute Gasteiger partial charge is 0.152 e. The molecular formula is C12H25N3O. The Bertz CT molecular complexity index is 240. The van der Waals surface area contributed by atoms with Crippen LogP contribution in [0.4, 0.5) is 0 Å². The van der Waals surface area contributed by atoms with Gasteiger partial charge in [0.15, 0.2) is 5.78 Å². The van der Waals surface area contributed by atoms with Crippen molar-refractivity contribution >= 4 is 5.78 Å². The predicted molar refractivity (Wildman–Crippen MR) is 66.0 cm³/mol. The predicted octanol–water partition coefficient (Wildman–Crippen LogP) is 0.644. The zero-order chi connectivity index (χ0) is 12.3. The van der Waals surface area contributed by atoms with E-state index in [1.807, 2.05) is 13.8 Å². The van der Waals surface area contributed by atoms with E-state index in [1.165, 1.54) is 0 Å². The van der Waals surface area contributed by atoms with Gasteiger partial charge in [0.25, 0.3) is 0 Å². The molecule has 1 aliphatic rings. The molecule has 0 aromatic rings. The third-order valence-corrected chi connectivity index (χ3v) is 3.12. The third kappa shape index (κ3) is 3.27. The topological polar surface area (TPSA) is 44.4 Å². The van der Waals surface area contributed by atoms with E-state index in [0.29, 0.717) is 11.7 Å². The van der Waals surface area contributed by atoms with Crippen LogP contribution >= 0.6 is 0 Å². The van der Waals surface area contributed by atoms with Crippen LogP contribution in [0.5, 0.6) is 0 Å². The molecule has 1 heterocycles. The second-order valence-electron chi connectivity index (χ2n) is 5.28. The van der Waals surface area contributed by atoms with E-state index in [-0.39, 0.29) is 18.2 Å². The summed E-state index contributed by atoms with van der Waals surface area (Å²) >= 11 is 0. The highest BCUT2D eigenvalue weighted by Crippen LogP contribution is 2.11. The van der Waals surface area contributed by atoms with E-state index in [2.05, 4.69) is 36.4 Å². The van der Waals surface area contributed by atoms with Gasteiger partial charge in [-0.3, -0.25) is 20.3 Å². The van der Waals surface area contributed by atoms with Gasteiger partial charge < -0.3 is 0 Å². The monoisotopic (exact) mass is 227 g/mol. The van der Waals surface area contributed by atoms with Crippen molar-refractivity contribution in [3.63, 3.8) is 0 Å². The summed E-state index contributed by atoms with van der Waals surface area (Å²) in [6.45, 7) is 10.1. The Hall–Kier alpha value is -0.450. The van der Waals surface area contributed by atoms with Gasteiger partial charge in [0.2, 0.25) is 0 Å². The summed E-state index contributed by atoms with van der Waals surface area (Å²) in [6.07, 6.45) is 0.134. The summed E-state index contributed by atoms with van der Waals surface area (Å²) in [4.78, 5) is 14.3. The zero-order valence-electron chi connectivity index (χ0n) is 11.1. The summed E-state index contributed by atoms with van der Waals surface area (Å²) < 4.78 is 0. The van der Waals surface area contributed by atoms with Gasteiger partial charge in [-0.1, -0.05) is 27.7 Å². The molecule has 1 fully saturated rings. The van der Waals surface area contributed by atoms with Crippen molar-refractivity contribution in [2.75, 3.05) is 20.1 Å². The number of hydrogen-bond acceptors (Lipinski definition) is 4. The number of likely N-dealkylation sites (N-methyl/N-ethyl adjacent to an activating group) is 1. The van der Waals surface area contributed by atoms with Crippen LogP contribution in [0.1, 0.15) is 27.7 Å². The molecule has 0 aromatic heterocycles. The lowest BCUT2D eigenvalue weighted by Gasteiger charge is -2.29. The molecule has 1 aliphatic heterocycles. The fourth-order valence-corrected chi connectivity index (χ4v) is 1.98. The van der Waals surface area contributed by atoms with Crippen molar-refractivity contribution in [3.05, 3.63) is 0 Å². The van der Waals surface area contributed by atoms with Crippen LogP contribution in [-0.2, 0) is 4.79 Å². The number of rotatable bonds is 5. The summed E-state index contributed by atoms with van der Waals surface area (Å²) in [5.74, 6) is 0.717. The maximum Gasteiger partial charge on any atom is 0.152 e. The minimum Gasteiger partial charge on any atom is -0.298 e. The van der Waals surface area contributed by atoms with E-state index < -0.39 is 0 Å². The first-order valence-electron chi connectivity index (χ1n) is 6.17. The molecule has 0 bridgehead atoms. The molecule has 0 radical (unpaired) electrons. The van der Waals surface area contributed by atoms with Crippen LogP contribution in [0.2, 0.25) is 0 Å². The maximum atomic E-state index is 12.1. The van der Waals surface area contributed by atoms with Crippen LogP contribution in [0.3, 0.4) is 0 Å². The lowest BCUT2D eigenvalue weighted by Crippen LogP contribution is -2.55. The fraction of sp³-hybridized carbons (Fsp3) is 0.917. The van der Waals surface area contributed by atoms with Gasteiger partial charge in [0.05, 0.1) is 6.04 Å². The first-order chi connectivity index (χ1) is 7.43. The molecule has 16 heavy (non-hydrogen) atoms. The zero-order valence-corrected chi connectivity index (χ0v) is 11.1. The lowest BCUT2D eigenvalue weighted by atomic mass is 9.93. The molecule has 0 saturated carbocycles. The molecule has 4 heteroatoms. The van der Waals surface area contributed by atoms with Crippen molar-refractivity contribution in [1.82, 2.24) is 15.5 Å². The Morgan fingerprint density at radius 1 is 1.38 bits per heavy atom. The highest BCUT2D eigenvalue weighted by Gasteiger charge is 2.29. The van der Waals surface area contributed by atoms with Gasteiger partial charge in [-0.05, 0) is 13.0 Å². The second-order valence-corrected chi connectivity index (χ2v) is 5.28. The summed E-state index contributed by atoms with van der Waals surface area (Å²) in [5.41, 5.74) is 0. The Balaban J connectivity index is 2.61. The molecule has 2 N–H and O–H groups in total. The van der Waals surface area contributed by atoms with Crippen molar-refractivity contribution in [2.45, 2.75) is 40.0 Å². The first-order valence-corrected chi connectivity index (χ1v) is 6.17. The number of carbonyl (C=O) groups excluding carboxylic acids is 1. The number of carbonyl (C=O) groups is 1. The van der Waals surface area contributed by atoms with Crippen molar-refractivity contribution in [3.8, 4) is 0 Å². The highest BCUT2D eigenvalue weighted by atomic mass is 16.1.